The highest BCUT2D eigenvalue weighted by Gasteiger charge is 2.45. The summed E-state index contributed by atoms with van der Waals surface area (Å²) in [5.41, 5.74) is -0.467. The lowest BCUT2D eigenvalue weighted by Crippen LogP contribution is -2.36. The van der Waals surface area contributed by atoms with Gasteiger partial charge in [-0.05, 0) is 19.8 Å². The fourth-order valence-electron chi connectivity index (χ4n) is 1.48. The summed E-state index contributed by atoms with van der Waals surface area (Å²) < 4.78 is 9.94. The molecule has 1 rings (SSSR count). The molecule has 1 heterocycles. The first-order valence-electron chi connectivity index (χ1n) is 3.83. The van der Waals surface area contributed by atoms with Gasteiger partial charge in [0.2, 0.25) is 0 Å². The van der Waals surface area contributed by atoms with Crippen LogP contribution in [0.4, 0.5) is 4.79 Å². The van der Waals surface area contributed by atoms with Crippen LogP contribution in [-0.4, -0.2) is 17.9 Å². The van der Waals surface area contributed by atoms with E-state index >= 15 is 0 Å². The van der Waals surface area contributed by atoms with Crippen LogP contribution in [0, 0.1) is 5.92 Å². The van der Waals surface area contributed by atoms with Gasteiger partial charge in [0.05, 0.1) is 0 Å². The van der Waals surface area contributed by atoms with Gasteiger partial charge in [0, 0.05) is 0 Å². The first kappa shape index (κ1) is 8.37. The largest absolute Gasteiger partial charge is 0.509 e. The Hall–Kier alpha value is -0.730. The molecule has 0 aromatic rings. The van der Waals surface area contributed by atoms with Crippen LogP contribution >= 0.6 is 0 Å². The molecule has 1 aliphatic heterocycles. The molecule has 0 aromatic carbocycles. The molecule has 0 N–H and O–H groups in total. The predicted octanol–water partition coefficient (Wildman–Crippen LogP) is 1.96. The molecule has 1 fully saturated rings. The van der Waals surface area contributed by atoms with Gasteiger partial charge in [0.1, 0.15) is 11.7 Å². The van der Waals surface area contributed by atoms with E-state index < -0.39 is 11.8 Å². The van der Waals surface area contributed by atoms with Crippen molar-refractivity contribution >= 4 is 6.16 Å². The fraction of sp³-hybridized carbons (Fsp3) is 0.875. The summed E-state index contributed by atoms with van der Waals surface area (Å²) in [6.45, 7) is 7.74. The molecule has 1 saturated heterocycles. The van der Waals surface area contributed by atoms with Crippen LogP contribution in [0.2, 0.25) is 0 Å². The lowest BCUT2D eigenvalue weighted by atomic mass is 9.93. The monoisotopic (exact) mass is 158 g/mol. The summed E-state index contributed by atoms with van der Waals surface area (Å²) in [6, 6.07) is 0. The van der Waals surface area contributed by atoms with Crippen molar-refractivity contribution in [2.45, 2.75) is 39.4 Å². The average molecular weight is 158 g/mol. The van der Waals surface area contributed by atoms with Gasteiger partial charge in [-0.1, -0.05) is 13.8 Å². The average Bonchev–Trinajstić information content (AvgIpc) is 2.04. The first-order chi connectivity index (χ1) is 4.93. The van der Waals surface area contributed by atoms with Crippen molar-refractivity contribution in [1.82, 2.24) is 0 Å². The Balaban J connectivity index is 2.74. The van der Waals surface area contributed by atoms with E-state index in [1.54, 1.807) is 0 Å². The van der Waals surface area contributed by atoms with Gasteiger partial charge in [-0.25, -0.2) is 4.79 Å². The van der Waals surface area contributed by atoms with Crippen molar-refractivity contribution in [2.75, 3.05) is 0 Å². The summed E-state index contributed by atoms with van der Waals surface area (Å²) >= 11 is 0. The number of carbonyl (C=O) groups excluding carboxylic acids is 1. The van der Waals surface area contributed by atoms with Crippen LogP contribution in [0.1, 0.15) is 27.7 Å². The van der Waals surface area contributed by atoms with E-state index in [-0.39, 0.29) is 6.10 Å². The molecule has 0 saturated carbocycles. The molecule has 0 bridgehead atoms. The summed E-state index contributed by atoms with van der Waals surface area (Å²) in [4.78, 5) is 10.7. The van der Waals surface area contributed by atoms with E-state index in [9.17, 15) is 4.79 Å². The van der Waals surface area contributed by atoms with Gasteiger partial charge in [-0.15, -0.1) is 0 Å². The molecule has 0 amide bonds. The lowest BCUT2D eigenvalue weighted by Gasteiger charge is -2.24. The topological polar surface area (TPSA) is 35.5 Å². The van der Waals surface area contributed by atoms with Gasteiger partial charge in [-0.2, -0.15) is 0 Å². The minimum absolute atomic E-state index is 0.116. The van der Waals surface area contributed by atoms with Gasteiger partial charge in [0.15, 0.2) is 0 Å². The lowest BCUT2D eigenvalue weighted by molar-refractivity contribution is 0.0423. The minimum Gasteiger partial charge on any atom is -0.426 e. The molecule has 0 aromatic heterocycles. The highest BCUT2D eigenvalue weighted by Crippen LogP contribution is 2.30. The summed E-state index contributed by atoms with van der Waals surface area (Å²) in [5, 5.41) is 0. The molecule has 1 atom stereocenters. The molecule has 0 aliphatic carbocycles. The molecule has 3 nitrogen and oxygen atoms in total. The maximum Gasteiger partial charge on any atom is 0.509 e. The third kappa shape index (κ3) is 1.47. The van der Waals surface area contributed by atoms with Crippen molar-refractivity contribution in [2.24, 2.45) is 5.92 Å². The van der Waals surface area contributed by atoms with Crippen molar-refractivity contribution < 1.29 is 14.3 Å². The third-order valence-corrected chi connectivity index (χ3v) is 1.86. The van der Waals surface area contributed by atoms with Gasteiger partial charge in [0.25, 0.3) is 0 Å². The Bertz CT molecular complexity index is 172. The Labute approximate surface area is 66.7 Å². The van der Waals surface area contributed by atoms with Gasteiger partial charge >= 0.3 is 6.16 Å². The van der Waals surface area contributed by atoms with Gasteiger partial charge in [-0.3, -0.25) is 0 Å². The van der Waals surface area contributed by atoms with Crippen LogP contribution in [0.5, 0.6) is 0 Å². The normalized spacial score (nSPS) is 28.5. The van der Waals surface area contributed by atoms with Crippen LogP contribution in [0.25, 0.3) is 0 Å². The summed E-state index contributed by atoms with van der Waals surface area (Å²) in [5.74, 6) is 0.302. The van der Waals surface area contributed by atoms with Gasteiger partial charge < -0.3 is 9.47 Å². The Morgan fingerprint density at radius 3 is 2.18 bits per heavy atom. The Kier molecular flexibility index (Phi) is 1.82. The van der Waals surface area contributed by atoms with Crippen molar-refractivity contribution in [3.8, 4) is 0 Å². The quantitative estimate of drug-likeness (QED) is 0.547. The smallest absolute Gasteiger partial charge is 0.426 e. The van der Waals surface area contributed by atoms with E-state index in [0.717, 1.165) is 0 Å². The zero-order valence-electron chi connectivity index (χ0n) is 7.38. The van der Waals surface area contributed by atoms with E-state index in [0.29, 0.717) is 5.92 Å². The van der Waals surface area contributed by atoms with E-state index in [4.69, 9.17) is 9.47 Å². The second kappa shape index (κ2) is 2.40. The number of rotatable bonds is 1. The maximum atomic E-state index is 10.7. The van der Waals surface area contributed by atoms with Crippen molar-refractivity contribution in [3.63, 3.8) is 0 Å². The number of cyclic esters (lactones) is 2. The Morgan fingerprint density at radius 1 is 1.45 bits per heavy atom. The fourth-order valence-corrected chi connectivity index (χ4v) is 1.48. The molecule has 3 heteroatoms. The molecular formula is C8H14O3. The van der Waals surface area contributed by atoms with E-state index in [1.165, 1.54) is 0 Å². The second-order valence-electron chi connectivity index (χ2n) is 3.74. The number of carbonyl (C=O) groups is 1. The van der Waals surface area contributed by atoms with E-state index in [1.807, 2.05) is 27.7 Å². The number of ether oxygens (including phenoxy) is 2. The number of hydrogen-bond donors (Lipinski definition) is 0. The summed E-state index contributed by atoms with van der Waals surface area (Å²) in [7, 11) is 0. The molecule has 0 spiro atoms. The van der Waals surface area contributed by atoms with Crippen LogP contribution in [0.3, 0.4) is 0 Å². The molecule has 1 aliphatic rings. The summed E-state index contributed by atoms with van der Waals surface area (Å²) in [6.07, 6.45) is -0.663. The number of hydrogen-bond acceptors (Lipinski definition) is 3. The molecule has 1 unspecified atom stereocenters. The zero-order chi connectivity index (χ0) is 8.65. The minimum atomic E-state index is -0.548. The standard InChI is InChI=1S/C8H14O3/c1-5(2)6-8(3,4)11-7(9)10-6/h5-6H,1-4H3. The molecule has 11 heavy (non-hydrogen) atoms. The van der Waals surface area contributed by atoms with Crippen molar-refractivity contribution in [1.29, 1.82) is 0 Å². The SMILES string of the molecule is CC(C)C1OC(=O)OC1(C)C. The zero-order valence-corrected chi connectivity index (χ0v) is 7.38. The van der Waals surface area contributed by atoms with Crippen LogP contribution in [0.15, 0.2) is 0 Å². The molecular weight excluding hydrogens is 144 g/mol. The van der Waals surface area contributed by atoms with E-state index in [2.05, 4.69) is 0 Å². The molecule has 0 radical (unpaired) electrons. The first-order valence-corrected chi connectivity index (χ1v) is 3.83. The molecule has 64 valence electrons. The van der Waals surface area contributed by atoms with Crippen molar-refractivity contribution in [3.05, 3.63) is 0 Å². The maximum absolute atomic E-state index is 10.7. The highest BCUT2D eigenvalue weighted by atomic mass is 16.8. The highest BCUT2D eigenvalue weighted by molar-refractivity contribution is 5.63. The third-order valence-electron chi connectivity index (χ3n) is 1.86. The predicted molar refractivity (Wildman–Crippen MR) is 40.3 cm³/mol. The second-order valence-corrected chi connectivity index (χ2v) is 3.74. The van der Waals surface area contributed by atoms with Crippen LogP contribution in [-0.2, 0) is 9.47 Å². The van der Waals surface area contributed by atoms with Crippen LogP contribution < -0.4 is 0 Å². The Morgan fingerprint density at radius 2 is 2.00 bits per heavy atom.